The number of thiocarbonyl (C=S) groups is 1. The molecule has 1 aromatic rings. The van der Waals surface area contributed by atoms with Crippen molar-refractivity contribution in [2.45, 2.75) is 26.2 Å². The predicted molar refractivity (Wildman–Crippen MR) is 117 cm³/mol. The van der Waals surface area contributed by atoms with Crippen molar-refractivity contribution in [3.63, 3.8) is 0 Å². The maximum atomic E-state index is 12.8. The summed E-state index contributed by atoms with van der Waals surface area (Å²) >= 11 is 6.56. The molecule has 8 heteroatoms. The van der Waals surface area contributed by atoms with E-state index < -0.39 is 0 Å². The summed E-state index contributed by atoms with van der Waals surface area (Å²) in [7, 11) is 1.69. The average Bonchev–Trinajstić information content (AvgIpc) is 2.95. The number of aromatic nitrogens is 1. The van der Waals surface area contributed by atoms with Crippen LogP contribution in [0.3, 0.4) is 0 Å². The highest BCUT2D eigenvalue weighted by molar-refractivity contribution is 8.26. The SMILES string of the molecule is C=CCN1C(=O)C(=Cc2c(C)c(C#N)c(=O)n(C)c2N2CCCCC2)SC1=S. The van der Waals surface area contributed by atoms with Gasteiger partial charge in [0.1, 0.15) is 21.8 Å². The number of carbonyl (C=O) groups excluding carboxylic acids is 1. The predicted octanol–water partition coefficient (Wildman–Crippen LogP) is 2.94. The zero-order chi connectivity index (χ0) is 20.4. The van der Waals surface area contributed by atoms with Gasteiger partial charge in [-0.3, -0.25) is 19.1 Å². The Kier molecular flexibility index (Phi) is 6.06. The van der Waals surface area contributed by atoms with Gasteiger partial charge in [0.25, 0.3) is 11.5 Å². The second-order valence-electron chi connectivity index (χ2n) is 6.84. The minimum Gasteiger partial charge on any atom is -0.357 e. The molecule has 6 nitrogen and oxygen atoms in total. The van der Waals surface area contributed by atoms with Crippen molar-refractivity contribution < 1.29 is 4.79 Å². The zero-order valence-electron chi connectivity index (χ0n) is 16.0. The van der Waals surface area contributed by atoms with Crippen molar-refractivity contribution >= 4 is 46.1 Å². The smallest absolute Gasteiger partial charge is 0.270 e. The highest BCUT2D eigenvalue weighted by Crippen LogP contribution is 2.36. The van der Waals surface area contributed by atoms with Crippen molar-refractivity contribution in [1.82, 2.24) is 9.47 Å². The standard InChI is InChI=1S/C20H22N4O2S2/c1-4-8-24-19(26)16(28-20(24)27)11-14-13(2)15(12-21)18(25)22(3)17(14)23-9-6-5-7-10-23/h4,11H,1,5-10H2,2-3H3. The Morgan fingerprint density at radius 3 is 2.57 bits per heavy atom. The van der Waals surface area contributed by atoms with Crippen LogP contribution in [-0.2, 0) is 11.8 Å². The van der Waals surface area contributed by atoms with Gasteiger partial charge in [-0.15, -0.1) is 6.58 Å². The molecular formula is C20H22N4O2S2. The quantitative estimate of drug-likeness (QED) is 0.429. The summed E-state index contributed by atoms with van der Waals surface area (Å²) in [4.78, 5) is 29.7. The third-order valence-electron chi connectivity index (χ3n) is 5.08. The highest BCUT2D eigenvalue weighted by atomic mass is 32.2. The molecule has 0 spiro atoms. The van der Waals surface area contributed by atoms with Gasteiger partial charge in [-0.1, -0.05) is 30.1 Å². The fraction of sp³-hybridized carbons (Fsp3) is 0.400. The molecule has 0 aromatic carbocycles. The average molecular weight is 415 g/mol. The van der Waals surface area contributed by atoms with Crippen molar-refractivity contribution in [3.05, 3.63) is 44.6 Å². The molecule has 0 saturated carbocycles. The minimum absolute atomic E-state index is 0.107. The molecule has 0 radical (unpaired) electrons. The lowest BCUT2D eigenvalue weighted by atomic mass is 10.0. The molecular weight excluding hydrogens is 392 g/mol. The monoisotopic (exact) mass is 414 g/mol. The van der Waals surface area contributed by atoms with E-state index in [2.05, 4.69) is 11.5 Å². The number of pyridine rings is 1. The minimum atomic E-state index is -0.308. The van der Waals surface area contributed by atoms with E-state index in [1.54, 1.807) is 26.1 Å². The second-order valence-corrected chi connectivity index (χ2v) is 8.52. The molecule has 0 atom stereocenters. The summed E-state index contributed by atoms with van der Waals surface area (Å²) in [6.07, 6.45) is 6.68. The van der Waals surface area contributed by atoms with Gasteiger partial charge in [-0.2, -0.15) is 5.26 Å². The molecule has 28 heavy (non-hydrogen) atoms. The van der Waals surface area contributed by atoms with E-state index in [-0.39, 0.29) is 17.0 Å². The van der Waals surface area contributed by atoms with Crippen LogP contribution in [0.4, 0.5) is 5.82 Å². The second kappa shape index (κ2) is 8.33. The van der Waals surface area contributed by atoms with E-state index in [4.69, 9.17) is 12.2 Å². The summed E-state index contributed by atoms with van der Waals surface area (Å²) in [6.45, 7) is 7.49. The lowest BCUT2D eigenvalue weighted by Gasteiger charge is -2.32. The molecule has 2 aliphatic rings. The lowest BCUT2D eigenvalue weighted by Crippen LogP contribution is -2.36. The number of nitrogens with zero attached hydrogens (tertiary/aromatic N) is 4. The van der Waals surface area contributed by atoms with Crippen LogP contribution in [0.25, 0.3) is 6.08 Å². The first-order valence-electron chi connectivity index (χ1n) is 9.15. The number of hydrogen-bond acceptors (Lipinski definition) is 6. The summed E-state index contributed by atoms with van der Waals surface area (Å²) in [6, 6.07) is 2.03. The van der Waals surface area contributed by atoms with Crippen LogP contribution in [0, 0.1) is 18.3 Å². The van der Waals surface area contributed by atoms with Crippen molar-refractivity contribution in [3.8, 4) is 6.07 Å². The van der Waals surface area contributed by atoms with E-state index in [1.165, 1.54) is 21.2 Å². The number of piperidine rings is 1. The number of hydrogen-bond donors (Lipinski definition) is 0. The molecule has 0 unspecified atom stereocenters. The summed E-state index contributed by atoms with van der Waals surface area (Å²) in [5.74, 6) is 0.585. The van der Waals surface area contributed by atoms with Gasteiger partial charge in [0.05, 0.1) is 4.91 Å². The summed E-state index contributed by atoms with van der Waals surface area (Å²) in [5, 5.41) is 9.51. The van der Waals surface area contributed by atoms with Crippen LogP contribution in [-0.4, -0.2) is 39.3 Å². The topological polar surface area (TPSA) is 69.3 Å². The van der Waals surface area contributed by atoms with Crippen LogP contribution in [0.15, 0.2) is 22.4 Å². The summed E-state index contributed by atoms with van der Waals surface area (Å²) < 4.78 is 2.02. The Labute approximate surface area is 174 Å². The molecule has 3 rings (SSSR count). The fourth-order valence-corrected chi connectivity index (χ4v) is 4.87. The Bertz CT molecular complexity index is 981. The normalized spacial score (nSPS) is 18.7. The number of carbonyl (C=O) groups is 1. The molecule has 2 aliphatic heterocycles. The Morgan fingerprint density at radius 1 is 1.29 bits per heavy atom. The van der Waals surface area contributed by atoms with E-state index in [0.717, 1.165) is 43.7 Å². The molecule has 0 N–H and O–H groups in total. The Morgan fingerprint density at radius 2 is 1.96 bits per heavy atom. The molecule has 0 aliphatic carbocycles. The van der Waals surface area contributed by atoms with E-state index in [9.17, 15) is 14.9 Å². The first-order chi connectivity index (χ1) is 13.4. The number of nitriles is 1. The molecule has 1 amide bonds. The highest BCUT2D eigenvalue weighted by Gasteiger charge is 2.32. The first-order valence-corrected chi connectivity index (χ1v) is 10.4. The van der Waals surface area contributed by atoms with Gasteiger partial charge in [-0.25, -0.2) is 0 Å². The van der Waals surface area contributed by atoms with Gasteiger partial charge >= 0.3 is 0 Å². The number of amides is 1. The van der Waals surface area contributed by atoms with Crippen LogP contribution in [0.2, 0.25) is 0 Å². The number of anilines is 1. The number of rotatable bonds is 4. The molecule has 146 valence electrons. The Balaban J connectivity index is 2.19. The van der Waals surface area contributed by atoms with Crippen LogP contribution >= 0.6 is 24.0 Å². The van der Waals surface area contributed by atoms with Crippen LogP contribution in [0.1, 0.15) is 36.0 Å². The molecule has 0 bridgehead atoms. The third kappa shape index (κ3) is 3.52. The maximum absolute atomic E-state index is 12.8. The van der Waals surface area contributed by atoms with Gasteiger partial charge in [-0.05, 0) is 37.8 Å². The first kappa shape index (κ1) is 20.4. The van der Waals surface area contributed by atoms with Crippen molar-refractivity contribution in [2.75, 3.05) is 24.5 Å². The largest absolute Gasteiger partial charge is 0.357 e. The maximum Gasteiger partial charge on any atom is 0.270 e. The van der Waals surface area contributed by atoms with Crippen LogP contribution in [0.5, 0.6) is 0 Å². The van der Waals surface area contributed by atoms with Crippen molar-refractivity contribution in [2.24, 2.45) is 7.05 Å². The van der Waals surface area contributed by atoms with E-state index in [1.807, 2.05) is 6.07 Å². The zero-order valence-corrected chi connectivity index (χ0v) is 17.7. The molecule has 2 saturated heterocycles. The number of thioether (sulfide) groups is 1. The lowest BCUT2D eigenvalue weighted by molar-refractivity contribution is -0.121. The van der Waals surface area contributed by atoms with Crippen LogP contribution < -0.4 is 10.5 Å². The van der Waals surface area contributed by atoms with Gasteiger partial charge in [0, 0.05) is 32.2 Å². The van der Waals surface area contributed by atoms with E-state index in [0.29, 0.717) is 21.3 Å². The molecule has 1 aromatic heterocycles. The third-order valence-corrected chi connectivity index (χ3v) is 6.46. The fourth-order valence-electron chi connectivity index (χ4n) is 3.62. The van der Waals surface area contributed by atoms with Crippen molar-refractivity contribution in [1.29, 1.82) is 5.26 Å². The molecule has 2 fully saturated rings. The van der Waals surface area contributed by atoms with Gasteiger partial charge in [0.15, 0.2) is 0 Å². The summed E-state index contributed by atoms with van der Waals surface area (Å²) in [5.41, 5.74) is 1.13. The molecule has 3 heterocycles. The van der Waals surface area contributed by atoms with Gasteiger partial charge < -0.3 is 4.90 Å². The van der Waals surface area contributed by atoms with Gasteiger partial charge in [0.2, 0.25) is 0 Å². The Hall–Kier alpha value is -2.37. The van der Waals surface area contributed by atoms with E-state index >= 15 is 0 Å².